The van der Waals surface area contributed by atoms with Crippen LogP contribution in [-0.2, 0) is 0 Å². The topological polar surface area (TPSA) is 59.4 Å². The second-order valence-corrected chi connectivity index (χ2v) is 5.54. The maximum Gasteiger partial charge on any atom is 0.273 e. The van der Waals surface area contributed by atoms with E-state index in [4.69, 9.17) is 4.74 Å². The van der Waals surface area contributed by atoms with Crippen LogP contribution in [0.3, 0.4) is 0 Å². The summed E-state index contributed by atoms with van der Waals surface area (Å²) in [6.45, 7) is 0. The van der Waals surface area contributed by atoms with E-state index in [0.29, 0.717) is 22.7 Å². The molecule has 0 unspecified atom stereocenters. The molecule has 2 aromatic carbocycles. The summed E-state index contributed by atoms with van der Waals surface area (Å²) >= 11 is 0. The molecule has 4 rings (SSSR count). The fourth-order valence-corrected chi connectivity index (χ4v) is 2.79. The van der Waals surface area contributed by atoms with Crippen molar-refractivity contribution in [3.05, 3.63) is 77.0 Å². The van der Waals surface area contributed by atoms with Gasteiger partial charge in [-0.2, -0.15) is 0 Å². The average Bonchev–Trinajstić information content (AvgIpc) is 3.07. The van der Waals surface area contributed by atoms with E-state index in [1.807, 2.05) is 24.3 Å². The molecule has 0 aliphatic heterocycles. The van der Waals surface area contributed by atoms with Crippen LogP contribution in [0.4, 0.5) is 4.39 Å². The molecular weight excluding hydrogens is 321 g/mol. The molecule has 0 radical (unpaired) electrons. The van der Waals surface area contributed by atoms with Gasteiger partial charge < -0.3 is 4.74 Å². The fraction of sp³-hybridized carbons (Fsp3) is 0.0526. The molecule has 0 aliphatic carbocycles. The van der Waals surface area contributed by atoms with Crippen molar-refractivity contribution < 1.29 is 9.13 Å². The van der Waals surface area contributed by atoms with Crippen LogP contribution < -0.4 is 10.3 Å². The lowest BCUT2D eigenvalue weighted by molar-refractivity contribution is 0.415. The van der Waals surface area contributed by atoms with E-state index in [-0.39, 0.29) is 5.56 Å². The maximum atomic E-state index is 14.1. The minimum atomic E-state index is -0.419. The summed E-state index contributed by atoms with van der Waals surface area (Å²) in [5, 5.41) is 2.89. The number of methoxy groups -OCH3 is 1. The SMILES string of the molecule is COc1cccc(-c2c[nH]n3c(=O)cc(-c4ccccc4F)nc23)c1. The lowest BCUT2D eigenvalue weighted by Crippen LogP contribution is -2.14. The Kier molecular flexibility index (Phi) is 3.57. The van der Waals surface area contributed by atoms with Gasteiger partial charge >= 0.3 is 0 Å². The number of H-pyrrole nitrogens is 1. The summed E-state index contributed by atoms with van der Waals surface area (Å²) in [6, 6.07) is 15.0. The second-order valence-electron chi connectivity index (χ2n) is 5.54. The van der Waals surface area contributed by atoms with Crippen LogP contribution in [-0.4, -0.2) is 21.7 Å². The van der Waals surface area contributed by atoms with E-state index in [1.165, 1.54) is 16.6 Å². The van der Waals surface area contributed by atoms with Gasteiger partial charge in [0.1, 0.15) is 11.6 Å². The molecule has 0 fully saturated rings. The monoisotopic (exact) mass is 335 g/mol. The third-order valence-electron chi connectivity index (χ3n) is 4.03. The Morgan fingerprint density at radius 2 is 1.92 bits per heavy atom. The largest absolute Gasteiger partial charge is 0.497 e. The number of nitrogens with one attached hydrogen (secondary N) is 1. The normalized spacial score (nSPS) is 11.0. The summed E-state index contributed by atoms with van der Waals surface area (Å²) in [5.41, 5.74) is 2.29. The first-order valence-corrected chi connectivity index (χ1v) is 7.68. The zero-order valence-corrected chi connectivity index (χ0v) is 13.4. The van der Waals surface area contributed by atoms with Gasteiger partial charge in [-0.3, -0.25) is 9.89 Å². The highest BCUT2D eigenvalue weighted by molar-refractivity contribution is 5.79. The van der Waals surface area contributed by atoms with Crippen LogP contribution in [0.2, 0.25) is 0 Å². The highest BCUT2D eigenvalue weighted by Crippen LogP contribution is 2.27. The zero-order chi connectivity index (χ0) is 17.4. The standard InChI is InChI=1S/C19H14FN3O2/c1-25-13-6-4-5-12(9-13)15-11-21-23-18(24)10-17(22-19(15)23)14-7-2-3-8-16(14)20/h2-11,21H,1H3. The van der Waals surface area contributed by atoms with Gasteiger partial charge in [0, 0.05) is 23.4 Å². The Morgan fingerprint density at radius 1 is 1.08 bits per heavy atom. The number of halogens is 1. The summed E-state index contributed by atoms with van der Waals surface area (Å²) in [4.78, 5) is 16.9. The molecule has 0 bridgehead atoms. The molecule has 0 spiro atoms. The molecule has 2 aromatic heterocycles. The van der Waals surface area contributed by atoms with E-state index >= 15 is 0 Å². The Bertz CT molecular complexity index is 1130. The molecule has 0 amide bonds. The van der Waals surface area contributed by atoms with Crippen molar-refractivity contribution in [3.8, 4) is 28.1 Å². The van der Waals surface area contributed by atoms with Gasteiger partial charge in [0.05, 0.1) is 12.8 Å². The fourth-order valence-electron chi connectivity index (χ4n) is 2.79. The third-order valence-corrected chi connectivity index (χ3v) is 4.03. The molecule has 0 atom stereocenters. The van der Waals surface area contributed by atoms with Crippen molar-refractivity contribution >= 4 is 5.65 Å². The van der Waals surface area contributed by atoms with Crippen molar-refractivity contribution in [3.63, 3.8) is 0 Å². The molecule has 0 aliphatic rings. The molecule has 124 valence electrons. The summed E-state index contributed by atoms with van der Waals surface area (Å²) in [6.07, 6.45) is 1.70. The van der Waals surface area contributed by atoms with Crippen molar-refractivity contribution in [1.29, 1.82) is 0 Å². The van der Waals surface area contributed by atoms with Crippen molar-refractivity contribution in [2.24, 2.45) is 0 Å². The number of benzene rings is 2. The van der Waals surface area contributed by atoms with Gasteiger partial charge in [0.15, 0.2) is 5.65 Å². The number of aromatic nitrogens is 3. The number of hydrogen-bond acceptors (Lipinski definition) is 3. The van der Waals surface area contributed by atoms with Gasteiger partial charge in [-0.25, -0.2) is 13.9 Å². The number of ether oxygens (including phenoxy) is 1. The summed E-state index contributed by atoms with van der Waals surface area (Å²) in [5.74, 6) is 0.279. The van der Waals surface area contributed by atoms with Crippen molar-refractivity contribution in [2.75, 3.05) is 7.11 Å². The number of fused-ring (bicyclic) bond motifs is 1. The predicted molar refractivity (Wildman–Crippen MR) is 93.2 cm³/mol. The van der Waals surface area contributed by atoms with E-state index in [0.717, 1.165) is 11.1 Å². The number of nitrogens with zero attached hydrogens (tertiary/aromatic N) is 2. The molecule has 0 saturated carbocycles. The minimum Gasteiger partial charge on any atom is -0.497 e. The summed E-state index contributed by atoms with van der Waals surface area (Å²) < 4.78 is 20.7. The molecule has 25 heavy (non-hydrogen) atoms. The smallest absolute Gasteiger partial charge is 0.273 e. The van der Waals surface area contributed by atoms with E-state index in [2.05, 4.69) is 10.1 Å². The quantitative estimate of drug-likeness (QED) is 0.623. The van der Waals surface area contributed by atoms with Crippen LogP contribution in [0.15, 0.2) is 65.6 Å². The Labute approximate surface area is 142 Å². The predicted octanol–water partition coefficient (Wildman–Crippen LogP) is 3.50. The highest BCUT2D eigenvalue weighted by Gasteiger charge is 2.14. The molecule has 1 N–H and O–H groups in total. The van der Waals surface area contributed by atoms with Crippen molar-refractivity contribution in [2.45, 2.75) is 0 Å². The van der Waals surface area contributed by atoms with Crippen LogP contribution in [0.5, 0.6) is 5.75 Å². The minimum absolute atomic E-state index is 0.292. The molecule has 0 saturated heterocycles. The molecular formula is C19H14FN3O2. The van der Waals surface area contributed by atoms with Gasteiger partial charge in [0.2, 0.25) is 0 Å². The van der Waals surface area contributed by atoms with Gasteiger partial charge in [-0.15, -0.1) is 0 Å². The summed E-state index contributed by atoms with van der Waals surface area (Å²) in [7, 11) is 1.59. The lowest BCUT2D eigenvalue weighted by Gasteiger charge is -2.05. The van der Waals surface area contributed by atoms with Gasteiger partial charge in [-0.05, 0) is 29.8 Å². The zero-order valence-electron chi connectivity index (χ0n) is 13.4. The Balaban J connectivity index is 1.96. The lowest BCUT2D eigenvalue weighted by atomic mass is 10.1. The second kappa shape index (κ2) is 5.90. The van der Waals surface area contributed by atoms with Gasteiger partial charge in [0.25, 0.3) is 5.56 Å². The average molecular weight is 335 g/mol. The molecule has 4 aromatic rings. The van der Waals surface area contributed by atoms with E-state index in [9.17, 15) is 9.18 Å². The van der Waals surface area contributed by atoms with Gasteiger partial charge in [-0.1, -0.05) is 24.3 Å². The van der Waals surface area contributed by atoms with Crippen LogP contribution in [0, 0.1) is 5.82 Å². The Morgan fingerprint density at radius 3 is 2.72 bits per heavy atom. The van der Waals surface area contributed by atoms with Crippen molar-refractivity contribution in [1.82, 2.24) is 14.6 Å². The first-order valence-electron chi connectivity index (χ1n) is 7.68. The first-order chi connectivity index (χ1) is 12.2. The molecule has 5 nitrogen and oxygen atoms in total. The molecule has 6 heteroatoms. The Hall–Kier alpha value is -3.41. The van der Waals surface area contributed by atoms with Crippen LogP contribution in [0.25, 0.3) is 28.0 Å². The highest BCUT2D eigenvalue weighted by atomic mass is 19.1. The third kappa shape index (κ3) is 2.57. The van der Waals surface area contributed by atoms with E-state index < -0.39 is 5.82 Å². The first kappa shape index (κ1) is 15.1. The molecule has 2 heterocycles. The number of hydrogen-bond donors (Lipinski definition) is 1. The number of rotatable bonds is 3. The number of aromatic amines is 1. The maximum absolute atomic E-state index is 14.1. The van der Waals surface area contributed by atoms with Crippen LogP contribution >= 0.6 is 0 Å². The van der Waals surface area contributed by atoms with E-state index in [1.54, 1.807) is 31.5 Å². The van der Waals surface area contributed by atoms with Crippen LogP contribution in [0.1, 0.15) is 0 Å².